The fourth-order valence-electron chi connectivity index (χ4n) is 3.61. The first-order chi connectivity index (χ1) is 13.3. The molecule has 0 aliphatic carbocycles. The molecule has 0 bridgehead atoms. The molecule has 0 atom stereocenters. The number of fused-ring (bicyclic) bond motifs is 1. The van der Waals surface area contributed by atoms with Gasteiger partial charge in [0, 0.05) is 33.7 Å². The van der Waals surface area contributed by atoms with Crippen LogP contribution in [0, 0.1) is 0 Å². The topological polar surface area (TPSA) is 102 Å². The Kier molecular flexibility index (Phi) is 5.51. The zero-order chi connectivity index (χ0) is 20.4. The number of ketones is 1. The lowest BCUT2D eigenvalue weighted by molar-refractivity contribution is -0.131. The highest BCUT2D eigenvalue weighted by atomic mass is 35.5. The lowest BCUT2D eigenvalue weighted by atomic mass is 9.99. The number of benzene rings is 2. The first kappa shape index (κ1) is 19.6. The lowest BCUT2D eigenvalue weighted by Gasteiger charge is -2.11. The molecule has 0 unspecified atom stereocenters. The fraction of sp³-hybridized carbons (Fsp3) is 0.190. The third-order valence-electron chi connectivity index (χ3n) is 4.66. The molecule has 0 radical (unpaired) electrons. The number of primary amides is 1. The number of nitrogens with two attached hydrogens (primary N) is 1. The van der Waals surface area contributed by atoms with E-state index in [1.165, 1.54) is 6.07 Å². The van der Waals surface area contributed by atoms with Gasteiger partial charge in [-0.3, -0.25) is 9.59 Å². The van der Waals surface area contributed by atoms with Crippen molar-refractivity contribution < 1.29 is 19.5 Å². The van der Waals surface area contributed by atoms with Crippen LogP contribution >= 0.6 is 11.6 Å². The molecule has 28 heavy (non-hydrogen) atoms. The monoisotopic (exact) mass is 398 g/mol. The smallest absolute Gasteiger partial charge is 0.377 e. The average Bonchev–Trinajstić information content (AvgIpc) is 2.93. The van der Waals surface area contributed by atoms with Crippen LogP contribution in [0.3, 0.4) is 0 Å². The largest absolute Gasteiger partial charge is 0.475 e. The van der Waals surface area contributed by atoms with Crippen LogP contribution in [0.5, 0.6) is 0 Å². The number of halogens is 1. The van der Waals surface area contributed by atoms with Crippen molar-refractivity contribution in [3.8, 4) is 0 Å². The number of Topliss-reactive ketones (excluding diaryl/α,β-unsaturated/α-hetero) is 1. The van der Waals surface area contributed by atoms with Crippen molar-refractivity contribution in [3.63, 3.8) is 0 Å². The summed E-state index contributed by atoms with van der Waals surface area (Å²) in [6.45, 7) is 2.40. The molecule has 7 heteroatoms. The summed E-state index contributed by atoms with van der Waals surface area (Å²) in [6, 6.07) is 12.3. The number of aliphatic carboxylic acids is 1. The number of nitrogens with zero attached hydrogens (tertiary/aromatic N) is 1. The maximum absolute atomic E-state index is 12.3. The van der Waals surface area contributed by atoms with Crippen LogP contribution in [0.2, 0.25) is 5.02 Å². The summed E-state index contributed by atoms with van der Waals surface area (Å²) >= 11 is 6.10. The molecule has 3 rings (SSSR count). The van der Waals surface area contributed by atoms with E-state index in [1.807, 2.05) is 35.8 Å². The summed E-state index contributed by atoms with van der Waals surface area (Å²) in [4.78, 5) is 35.3. The van der Waals surface area contributed by atoms with Crippen molar-refractivity contribution in [2.24, 2.45) is 5.73 Å². The molecule has 6 nitrogen and oxygen atoms in total. The number of hydrogen-bond acceptors (Lipinski definition) is 3. The molecule has 3 N–H and O–H groups in total. The molecular weight excluding hydrogens is 380 g/mol. The predicted octanol–water partition coefficient (Wildman–Crippen LogP) is 3.20. The summed E-state index contributed by atoms with van der Waals surface area (Å²) in [5.74, 6) is -3.11. The molecule has 0 aliphatic heterocycles. The Morgan fingerprint density at radius 1 is 1.14 bits per heavy atom. The maximum atomic E-state index is 12.3. The highest BCUT2D eigenvalue weighted by Gasteiger charge is 2.25. The summed E-state index contributed by atoms with van der Waals surface area (Å²) in [5.41, 5.74) is 8.55. The van der Waals surface area contributed by atoms with Gasteiger partial charge in [0.05, 0.1) is 6.42 Å². The average molecular weight is 399 g/mol. The van der Waals surface area contributed by atoms with Gasteiger partial charge in [0.2, 0.25) is 5.91 Å². The Hall–Kier alpha value is -3.12. The molecule has 1 amide bonds. The van der Waals surface area contributed by atoms with E-state index in [4.69, 9.17) is 17.3 Å². The van der Waals surface area contributed by atoms with Crippen LogP contribution in [-0.2, 0) is 29.0 Å². The van der Waals surface area contributed by atoms with E-state index in [-0.39, 0.29) is 12.0 Å². The van der Waals surface area contributed by atoms with E-state index in [2.05, 4.69) is 0 Å². The van der Waals surface area contributed by atoms with Crippen LogP contribution in [0.15, 0.2) is 42.5 Å². The number of amides is 1. The molecule has 144 valence electrons. The van der Waals surface area contributed by atoms with Gasteiger partial charge in [-0.2, -0.15) is 0 Å². The van der Waals surface area contributed by atoms with E-state index in [1.54, 1.807) is 12.1 Å². The number of hydrogen-bond donors (Lipinski definition) is 2. The highest BCUT2D eigenvalue weighted by Crippen LogP contribution is 2.32. The zero-order valence-electron chi connectivity index (χ0n) is 15.2. The number of carboxylic acids is 1. The highest BCUT2D eigenvalue weighted by molar-refractivity contribution is 6.42. The Balaban J connectivity index is 2.31. The first-order valence-corrected chi connectivity index (χ1v) is 9.14. The summed E-state index contributed by atoms with van der Waals surface area (Å²) in [6.07, 6.45) is 0.505. The second kappa shape index (κ2) is 7.86. The minimum absolute atomic E-state index is 0.0563. The van der Waals surface area contributed by atoms with Crippen molar-refractivity contribution in [2.75, 3.05) is 0 Å². The lowest BCUT2D eigenvalue weighted by Crippen LogP contribution is -2.16. The molecule has 2 aromatic carbocycles. The van der Waals surface area contributed by atoms with Gasteiger partial charge in [-0.1, -0.05) is 42.8 Å². The predicted molar refractivity (Wildman–Crippen MR) is 107 cm³/mol. The van der Waals surface area contributed by atoms with Gasteiger partial charge in [0.25, 0.3) is 5.78 Å². The maximum Gasteiger partial charge on any atom is 0.377 e. The molecule has 1 heterocycles. The van der Waals surface area contributed by atoms with Gasteiger partial charge in [0.1, 0.15) is 0 Å². The van der Waals surface area contributed by atoms with E-state index in [0.717, 1.165) is 11.3 Å². The second-order valence-electron chi connectivity index (χ2n) is 6.47. The zero-order valence-corrected chi connectivity index (χ0v) is 16.0. The molecule has 0 aliphatic rings. The number of carbonyl (C=O) groups is 3. The number of carboxylic acid groups (broad SMARTS) is 1. The van der Waals surface area contributed by atoms with Crippen LogP contribution < -0.4 is 5.73 Å². The summed E-state index contributed by atoms with van der Waals surface area (Å²) < 4.78 is 1.98. The molecular formula is C21H19ClN2O4. The SMILES string of the molecule is CCc1c(CC(N)=O)c2c(C(=O)C(=O)O)cccc2n1Cc1cccc(Cl)c1. The van der Waals surface area contributed by atoms with E-state index < -0.39 is 17.7 Å². The molecule has 0 saturated carbocycles. The molecule has 0 fully saturated rings. The van der Waals surface area contributed by atoms with Gasteiger partial charge >= 0.3 is 5.97 Å². The quantitative estimate of drug-likeness (QED) is 0.471. The van der Waals surface area contributed by atoms with Gasteiger partial charge in [-0.15, -0.1) is 0 Å². The molecule has 0 spiro atoms. The Morgan fingerprint density at radius 3 is 2.46 bits per heavy atom. The Labute approximate surface area is 166 Å². The van der Waals surface area contributed by atoms with Gasteiger partial charge < -0.3 is 15.4 Å². The van der Waals surface area contributed by atoms with E-state index >= 15 is 0 Å². The van der Waals surface area contributed by atoms with Gasteiger partial charge in [-0.25, -0.2) is 4.79 Å². The van der Waals surface area contributed by atoms with Crippen LogP contribution in [0.4, 0.5) is 0 Å². The van der Waals surface area contributed by atoms with Crippen molar-refractivity contribution in [1.29, 1.82) is 0 Å². The second-order valence-corrected chi connectivity index (χ2v) is 6.91. The van der Waals surface area contributed by atoms with E-state index in [9.17, 15) is 19.5 Å². The normalized spacial score (nSPS) is 10.9. The minimum Gasteiger partial charge on any atom is -0.475 e. The third kappa shape index (κ3) is 3.64. The van der Waals surface area contributed by atoms with Crippen LogP contribution in [0.25, 0.3) is 10.9 Å². The van der Waals surface area contributed by atoms with Crippen molar-refractivity contribution in [2.45, 2.75) is 26.3 Å². The number of rotatable bonds is 7. The van der Waals surface area contributed by atoms with Crippen molar-refractivity contribution in [3.05, 3.63) is 69.9 Å². The van der Waals surface area contributed by atoms with Crippen molar-refractivity contribution in [1.82, 2.24) is 4.57 Å². The number of carbonyl (C=O) groups excluding carboxylic acids is 2. The molecule has 1 aromatic heterocycles. The Bertz CT molecular complexity index is 1100. The van der Waals surface area contributed by atoms with E-state index in [0.29, 0.717) is 34.5 Å². The standard InChI is InChI=1S/C21H19ClN2O4/c1-2-16-15(10-18(23)25)19-14(20(26)21(27)28)7-4-8-17(19)24(16)11-12-5-3-6-13(22)9-12/h3-9H,2,10-11H2,1H3,(H2,23,25)(H,27,28). The molecule has 3 aromatic rings. The minimum atomic E-state index is -1.54. The summed E-state index contributed by atoms with van der Waals surface area (Å²) in [7, 11) is 0. The number of aromatic nitrogens is 1. The van der Waals surface area contributed by atoms with Crippen LogP contribution in [0.1, 0.15) is 34.1 Å². The first-order valence-electron chi connectivity index (χ1n) is 8.76. The Morgan fingerprint density at radius 2 is 1.86 bits per heavy atom. The fourth-order valence-corrected chi connectivity index (χ4v) is 3.82. The van der Waals surface area contributed by atoms with Gasteiger partial charge in [-0.05, 0) is 35.7 Å². The van der Waals surface area contributed by atoms with Crippen LogP contribution in [-0.4, -0.2) is 27.3 Å². The van der Waals surface area contributed by atoms with Gasteiger partial charge in [0.15, 0.2) is 0 Å². The summed E-state index contributed by atoms with van der Waals surface area (Å²) in [5, 5.41) is 10.3. The molecule has 0 saturated heterocycles. The van der Waals surface area contributed by atoms with Crippen molar-refractivity contribution >= 4 is 40.2 Å². The third-order valence-corrected chi connectivity index (χ3v) is 4.90.